The maximum absolute atomic E-state index is 13.7. The maximum Gasteiger partial charge on any atom is 0.416 e. The van der Waals surface area contributed by atoms with Crippen LogP contribution in [0.1, 0.15) is 34.0 Å². The highest BCUT2D eigenvalue weighted by atomic mass is 19.4. The Morgan fingerprint density at radius 3 is 2.33 bits per heavy atom. The number of alkyl halides is 6. The minimum absolute atomic E-state index is 0.0337. The van der Waals surface area contributed by atoms with Gasteiger partial charge in [0.15, 0.2) is 0 Å². The molecule has 0 unspecified atom stereocenters. The molecule has 0 radical (unpaired) electrons. The molecule has 1 atom stereocenters. The number of nitrogens with one attached hydrogen (secondary N) is 2. The zero-order valence-electron chi connectivity index (χ0n) is 25.7. The van der Waals surface area contributed by atoms with Gasteiger partial charge in [-0.05, 0) is 50.2 Å². The summed E-state index contributed by atoms with van der Waals surface area (Å²) < 4.78 is 81.5. The molecule has 2 N–H and O–H groups in total. The summed E-state index contributed by atoms with van der Waals surface area (Å²) in [6, 6.07) is 8.05. The second-order valence-corrected chi connectivity index (χ2v) is 11.9. The van der Waals surface area contributed by atoms with E-state index in [0.29, 0.717) is 38.2 Å². The summed E-state index contributed by atoms with van der Waals surface area (Å²) in [5, 5.41) is 0.924. The molecule has 2 fully saturated rings. The Morgan fingerprint density at radius 1 is 0.978 bits per heavy atom. The van der Waals surface area contributed by atoms with E-state index in [0.717, 1.165) is 54.9 Å². The number of hydroxylamine groups is 1. The Morgan fingerprint density at radius 2 is 1.65 bits per heavy atom. The van der Waals surface area contributed by atoms with E-state index in [9.17, 15) is 31.1 Å². The van der Waals surface area contributed by atoms with Crippen molar-refractivity contribution in [1.29, 1.82) is 0 Å². The number of H-pyrrole nitrogens is 1. The number of rotatable bonds is 9. The van der Waals surface area contributed by atoms with Crippen LogP contribution < -0.4 is 5.48 Å². The summed E-state index contributed by atoms with van der Waals surface area (Å²) >= 11 is 0. The first-order valence-electron chi connectivity index (χ1n) is 15.1. The van der Waals surface area contributed by atoms with E-state index >= 15 is 0 Å². The van der Waals surface area contributed by atoms with Crippen molar-refractivity contribution in [2.75, 3.05) is 66.0 Å². The van der Waals surface area contributed by atoms with Crippen molar-refractivity contribution in [3.8, 4) is 0 Å². The van der Waals surface area contributed by atoms with Crippen molar-refractivity contribution in [3.05, 3.63) is 82.8 Å². The number of nitrogens with zero attached hydrogens (tertiary/aromatic N) is 4. The maximum atomic E-state index is 13.7. The molecule has 3 aromatic rings. The van der Waals surface area contributed by atoms with Gasteiger partial charge < -0.3 is 19.7 Å². The minimum atomic E-state index is -5.06. The van der Waals surface area contributed by atoms with E-state index in [-0.39, 0.29) is 12.6 Å². The van der Waals surface area contributed by atoms with Crippen LogP contribution in [-0.4, -0.2) is 103 Å². The number of para-hydroxylation sites is 1. The normalized spacial score (nSPS) is 19.2. The highest BCUT2D eigenvalue weighted by molar-refractivity contribution is 5.95. The van der Waals surface area contributed by atoms with Gasteiger partial charge in [-0.25, -0.2) is 0 Å². The molecule has 0 saturated carbocycles. The molecule has 8 nitrogen and oxygen atoms in total. The van der Waals surface area contributed by atoms with E-state index < -0.39 is 41.0 Å². The summed E-state index contributed by atoms with van der Waals surface area (Å²) in [4.78, 5) is 30.5. The summed E-state index contributed by atoms with van der Waals surface area (Å²) in [5.74, 6) is -0.882. The Labute approximate surface area is 263 Å². The van der Waals surface area contributed by atoms with Crippen LogP contribution in [0.3, 0.4) is 0 Å². The van der Waals surface area contributed by atoms with Crippen LogP contribution in [0.5, 0.6) is 0 Å². The fraction of sp³-hybridized carbons (Fsp3) is 0.469. The molecular weight excluding hydrogens is 614 g/mol. The number of allylic oxidation sites excluding steroid dienone is 1. The summed E-state index contributed by atoms with van der Waals surface area (Å²) in [5.41, 5.74) is 1.74. The Bertz CT molecular complexity index is 1500. The largest absolute Gasteiger partial charge is 0.416 e. The molecule has 1 amide bonds. The molecule has 3 heterocycles. The van der Waals surface area contributed by atoms with E-state index in [2.05, 4.69) is 27.3 Å². The molecule has 2 aliphatic rings. The number of likely N-dealkylation sites (N-methyl/N-ethyl adjacent to an activating group) is 1. The van der Waals surface area contributed by atoms with Crippen LogP contribution >= 0.6 is 0 Å². The highest BCUT2D eigenvalue weighted by Crippen LogP contribution is 2.37. The first-order valence-corrected chi connectivity index (χ1v) is 15.1. The van der Waals surface area contributed by atoms with Gasteiger partial charge in [-0.15, -0.1) is 0 Å². The fourth-order valence-corrected chi connectivity index (χ4v) is 5.95. The van der Waals surface area contributed by atoms with Crippen molar-refractivity contribution in [1.82, 2.24) is 30.1 Å². The molecule has 2 aliphatic heterocycles. The number of fused-ring (bicyclic) bond motifs is 1. The molecule has 2 saturated heterocycles. The SMILES string of the molecule is CC(=CN1CCN(C(=O)c2cc(C(F)(F)F)cc(C(F)(F)F)c2)[C@H](Cc2c[nH]c3ccccc23)C1)NOCCN1CCN(C)CC1. The van der Waals surface area contributed by atoms with Gasteiger partial charge in [0.2, 0.25) is 0 Å². The number of halogens is 6. The predicted molar refractivity (Wildman–Crippen MR) is 162 cm³/mol. The number of hydrogen-bond donors (Lipinski definition) is 2. The Balaban J connectivity index is 1.33. The van der Waals surface area contributed by atoms with Crippen molar-refractivity contribution >= 4 is 16.8 Å². The molecule has 0 aliphatic carbocycles. The first kappa shape index (κ1) is 33.6. The number of piperazine rings is 2. The van der Waals surface area contributed by atoms with Gasteiger partial charge in [-0.3, -0.25) is 20.0 Å². The lowest BCUT2D eigenvalue weighted by molar-refractivity contribution is -0.143. The molecule has 0 spiro atoms. The Kier molecular flexibility index (Phi) is 10.2. The predicted octanol–water partition coefficient (Wildman–Crippen LogP) is 5.20. The molecule has 5 rings (SSSR count). The second-order valence-electron chi connectivity index (χ2n) is 11.9. The van der Waals surface area contributed by atoms with Crippen LogP contribution in [0.25, 0.3) is 10.9 Å². The third-order valence-corrected chi connectivity index (χ3v) is 8.45. The number of benzene rings is 2. The number of carbonyl (C=O) groups excluding carboxylic acids is 1. The smallest absolute Gasteiger partial charge is 0.372 e. The van der Waals surface area contributed by atoms with E-state index in [1.807, 2.05) is 48.5 Å². The number of carbonyl (C=O) groups is 1. The van der Waals surface area contributed by atoms with E-state index in [1.54, 1.807) is 0 Å². The minimum Gasteiger partial charge on any atom is -0.372 e. The van der Waals surface area contributed by atoms with E-state index in [4.69, 9.17) is 4.84 Å². The Hall–Kier alpha value is -3.75. The third-order valence-electron chi connectivity index (χ3n) is 8.45. The van der Waals surface area contributed by atoms with Gasteiger partial charge in [0, 0.05) is 81.2 Å². The monoisotopic (exact) mass is 652 g/mol. The van der Waals surface area contributed by atoms with Gasteiger partial charge in [0.05, 0.1) is 29.5 Å². The van der Waals surface area contributed by atoms with Gasteiger partial charge in [-0.2, -0.15) is 26.3 Å². The van der Waals surface area contributed by atoms with Gasteiger partial charge in [0.1, 0.15) is 0 Å². The second kappa shape index (κ2) is 13.9. The molecule has 2 aromatic carbocycles. The molecule has 1 aromatic heterocycles. The quantitative estimate of drug-likeness (QED) is 0.188. The summed E-state index contributed by atoms with van der Waals surface area (Å²) in [6.45, 7) is 7.81. The molecular formula is C32H38F6N6O2. The summed E-state index contributed by atoms with van der Waals surface area (Å²) in [7, 11) is 2.10. The van der Waals surface area contributed by atoms with Crippen molar-refractivity contribution in [2.45, 2.75) is 31.7 Å². The fourth-order valence-electron chi connectivity index (χ4n) is 5.95. The molecule has 0 bridgehead atoms. The van der Waals surface area contributed by atoms with Crippen LogP contribution in [0.2, 0.25) is 0 Å². The summed E-state index contributed by atoms with van der Waals surface area (Å²) in [6.07, 6.45) is -6.11. The van der Waals surface area contributed by atoms with Gasteiger partial charge in [0.25, 0.3) is 5.91 Å². The third kappa shape index (κ3) is 8.34. The number of amides is 1. The zero-order chi connectivity index (χ0) is 33.1. The van der Waals surface area contributed by atoms with Crippen molar-refractivity contribution in [2.24, 2.45) is 0 Å². The average molecular weight is 653 g/mol. The topological polar surface area (TPSA) is 67.1 Å². The van der Waals surface area contributed by atoms with E-state index in [1.165, 1.54) is 4.90 Å². The molecule has 14 heteroatoms. The zero-order valence-corrected chi connectivity index (χ0v) is 25.7. The molecule has 46 heavy (non-hydrogen) atoms. The number of aromatic nitrogens is 1. The first-order chi connectivity index (χ1) is 21.8. The average Bonchev–Trinajstić information content (AvgIpc) is 3.41. The van der Waals surface area contributed by atoms with Crippen LogP contribution in [0.15, 0.2) is 60.6 Å². The highest BCUT2D eigenvalue weighted by Gasteiger charge is 2.39. The molecule has 250 valence electrons. The lowest BCUT2D eigenvalue weighted by Crippen LogP contribution is -2.54. The number of aromatic amines is 1. The number of hydrogen-bond acceptors (Lipinski definition) is 6. The van der Waals surface area contributed by atoms with Crippen LogP contribution in [0.4, 0.5) is 26.3 Å². The standard InChI is InChI=1S/C32H38F6N6O2/c1-22(40-46-14-13-42-9-7-41(2)8-10-42)20-43-11-12-44(27(21-43)17-24-19-39-29-6-4-3-5-28(24)29)30(45)23-15-25(31(33,34)35)18-26(16-23)32(36,37)38/h3-6,15-16,18-20,27,39-40H,7-14,17,21H2,1-2H3/t27-/m1/s1. The van der Waals surface area contributed by atoms with Crippen LogP contribution in [-0.2, 0) is 23.6 Å². The van der Waals surface area contributed by atoms with Crippen LogP contribution in [0, 0.1) is 0 Å². The lowest BCUT2D eigenvalue weighted by atomic mass is 9.99. The lowest BCUT2D eigenvalue weighted by Gasteiger charge is -2.41. The van der Waals surface area contributed by atoms with Gasteiger partial charge >= 0.3 is 12.4 Å². The van der Waals surface area contributed by atoms with Crippen molar-refractivity contribution in [3.63, 3.8) is 0 Å². The van der Waals surface area contributed by atoms with Gasteiger partial charge in [-0.1, -0.05) is 18.2 Å². The van der Waals surface area contributed by atoms with Crippen molar-refractivity contribution < 1.29 is 36.0 Å².